The first kappa shape index (κ1) is 12.4. The van der Waals surface area contributed by atoms with Gasteiger partial charge < -0.3 is 10.1 Å². The van der Waals surface area contributed by atoms with Gasteiger partial charge in [-0.05, 0) is 26.8 Å². The van der Waals surface area contributed by atoms with Gasteiger partial charge in [0.15, 0.2) is 0 Å². The minimum atomic E-state index is -0.217. The summed E-state index contributed by atoms with van der Waals surface area (Å²) in [5, 5.41) is 3.34. The van der Waals surface area contributed by atoms with Crippen LogP contribution in [-0.4, -0.2) is 24.7 Å². The second-order valence-electron chi connectivity index (χ2n) is 3.94. The fourth-order valence-electron chi connectivity index (χ4n) is 0.937. The van der Waals surface area contributed by atoms with E-state index in [1.807, 2.05) is 13.8 Å². The minimum Gasteiger partial charge on any atom is -0.464 e. The number of hydrogen-bond acceptors (Lipinski definition) is 3. The number of ether oxygens (including phenoxy) is 1. The molecule has 0 bridgehead atoms. The van der Waals surface area contributed by atoms with Gasteiger partial charge in [0.25, 0.3) is 0 Å². The van der Waals surface area contributed by atoms with Crippen molar-refractivity contribution in [3.63, 3.8) is 0 Å². The van der Waals surface area contributed by atoms with Gasteiger partial charge >= 0.3 is 5.97 Å². The van der Waals surface area contributed by atoms with E-state index in [9.17, 15) is 4.79 Å². The van der Waals surface area contributed by atoms with Gasteiger partial charge in [0, 0.05) is 12.5 Å². The van der Waals surface area contributed by atoms with Gasteiger partial charge in [-0.25, -0.2) is 0 Å². The van der Waals surface area contributed by atoms with Crippen LogP contribution in [0.2, 0.25) is 0 Å². The fourth-order valence-corrected chi connectivity index (χ4v) is 0.937. The lowest BCUT2D eigenvalue weighted by molar-refractivity contribution is -0.142. The Morgan fingerprint density at radius 2 is 2.08 bits per heavy atom. The third kappa shape index (κ3) is 7.78. The summed E-state index contributed by atoms with van der Waals surface area (Å²) in [6.07, 6.45) is 2.33. The number of carbonyl (C=O) groups excluding carboxylic acids is 1. The molecule has 0 aromatic carbocycles. The van der Waals surface area contributed by atoms with Gasteiger partial charge in [0.1, 0.15) is 6.61 Å². The van der Waals surface area contributed by atoms with Crippen LogP contribution in [0.3, 0.4) is 0 Å². The van der Waals surface area contributed by atoms with Crippen molar-refractivity contribution in [2.24, 2.45) is 0 Å². The van der Waals surface area contributed by atoms with E-state index in [1.165, 1.54) is 13.3 Å². The summed E-state index contributed by atoms with van der Waals surface area (Å²) < 4.78 is 4.94. The van der Waals surface area contributed by atoms with Crippen molar-refractivity contribution >= 4 is 5.97 Å². The first-order chi connectivity index (χ1) is 5.98. The molecule has 0 saturated carbocycles. The monoisotopic (exact) mass is 187 g/mol. The van der Waals surface area contributed by atoms with E-state index in [2.05, 4.69) is 12.2 Å². The molecule has 0 aromatic rings. The van der Waals surface area contributed by atoms with Gasteiger partial charge in [-0.2, -0.15) is 0 Å². The van der Waals surface area contributed by atoms with E-state index < -0.39 is 0 Å². The average molecular weight is 187 g/mol. The quantitative estimate of drug-likeness (QED) is 0.508. The second-order valence-corrected chi connectivity index (χ2v) is 3.94. The highest BCUT2D eigenvalue weighted by Gasteiger charge is 2.17. The van der Waals surface area contributed by atoms with Gasteiger partial charge in [-0.3, -0.25) is 4.79 Å². The Hall–Kier alpha value is -0.570. The zero-order chi connectivity index (χ0) is 10.3. The molecule has 0 aliphatic heterocycles. The number of rotatable bonds is 6. The highest BCUT2D eigenvalue weighted by atomic mass is 16.5. The Bertz CT molecular complexity index is 155. The minimum absolute atomic E-state index is 0.110. The molecule has 1 N–H and O–H groups in total. The topological polar surface area (TPSA) is 38.3 Å². The highest BCUT2D eigenvalue weighted by Crippen LogP contribution is 2.03. The van der Waals surface area contributed by atoms with Crippen LogP contribution in [0, 0.1) is 0 Å². The largest absolute Gasteiger partial charge is 0.464 e. The summed E-state index contributed by atoms with van der Waals surface area (Å²) in [7, 11) is 0. The highest BCUT2D eigenvalue weighted by molar-refractivity contribution is 5.65. The van der Waals surface area contributed by atoms with Crippen molar-refractivity contribution in [2.45, 2.75) is 46.1 Å². The summed E-state index contributed by atoms with van der Waals surface area (Å²) >= 11 is 0. The van der Waals surface area contributed by atoms with E-state index in [0.717, 1.165) is 13.0 Å². The molecule has 0 aromatic heterocycles. The predicted octanol–water partition coefficient (Wildman–Crippen LogP) is 1.72. The molecule has 13 heavy (non-hydrogen) atoms. The van der Waals surface area contributed by atoms with Crippen LogP contribution >= 0.6 is 0 Å². The standard InChI is InChI=1S/C10H21NO2/c1-5-6-7-11-10(3,4)8-13-9(2)12/h11H,5-8H2,1-4H3. The smallest absolute Gasteiger partial charge is 0.302 e. The van der Waals surface area contributed by atoms with Crippen molar-refractivity contribution < 1.29 is 9.53 Å². The third-order valence-corrected chi connectivity index (χ3v) is 1.77. The molecule has 3 heteroatoms. The van der Waals surface area contributed by atoms with Crippen molar-refractivity contribution in [1.29, 1.82) is 0 Å². The maximum Gasteiger partial charge on any atom is 0.302 e. The molecule has 0 radical (unpaired) electrons. The van der Waals surface area contributed by atoms with Gasteiger partial charge in [0.05, 0.1) is 0 Å². The number of carbonyl (C=O) groups is 1. The Balaban J connectivity index is 3.59. The van der Waals surface area contributed by atoms with Gasteiger partial charge in [-0.15, -0.1) is 0 Å². The Morgan fingerprint density at radius 1 is 1.46 bits per heavy atom. The fraction of sp³-hybridized carbons (Fsp3) is 0.900. The molecule has 0 heterocycles. The zero-order valence-electron chi connectivity index (χ0n) is 9.14. The van der Waals surface area contributed by atoms with E-state index in [1.54, 1.807) is 0 Å². The summed E-state index contributed by atoms with van der Waals surface area (Å²) in [4.78, 5) is 10.6. The number of nitrogens with one attached hydrogen (secondary N) is 1. The zero-order valence-corrected chi connectivity index (χ0v) is 9.14. The summed E-state index contributed by atoms with van der Waals surface area (Å²) in [6.45, 7) is 9.07. The summed E-state index contributed by atoms with van der Waals surface area (Å²) in [6, 6.07) is 0. The van der Waals surface area contributed by atoms with Gasteiger partial charge in [-0.1, -0.05) is 13.3 Å². The molecule has 0 aliphatic rings. The van der Waals surface area contributed by atoms with Crippen LogP contribution in [0.1, 0.15) is 40.5 Å². The third-order valence-electron chi connectivity index (χ3n) is 1.77. The molecule has 0 spiro atoms. The molecule has 0 rings (SSSR count). The molecule has 0 fully saturated rings. The van der Waals surface area contributed by atoms with E-state index in [4.69, 9.17) is 4.74 Å². The molecule has 0 unspecified atom stereocenters. The van der Waals surface area contributed by atoms with Crippen LogP contribution in [0.4, 0.5) is 0 Å². The maximum atomic E-state index is 10.6. The average Bonchev–Trinajstić information content (AvgIpc) is 2.02. The van der Waals surface area contributed by atoms with Crippen molar-refractivity contribution in [2.75, 3.05) is 13.2 Å². The molecular weight excluding hydrogens is 166 g/mol. The lowest BCUT2D eigenvalue weighted by Crippen LogP contribution is -2.44. The maximum absolute atomic E-state index is 10.6. The van der Waals surface area contributed by atoms with Gasteiger partial charge in [0.2, 0.25) is 0 Å². The van der Waals surface area contributed by atoms with Crippen molar-refractivity contribution in [3.8, 4) is 0 Å². The van der Waals surface area contributed by atoms with Crippen LogP contribution in [0.15, 0.2) is 0 Å². The molecule has 0 amide bonds. The second kappa shape index (κ2) is 5.97. The molecule has 0 saturated heterocycles. The van der Waals surface area contributed by atoms with Crippen molar-refractivity contribution in [3.05, 3.63) is 0 Å². The lowest BCUT2D eigenvalue weighted by atomic mass is 10.1. The molecular formula is C10H21NO2. The molecule has 78 valence electrons. The van der Waals surface area contributed by atoms with Crippen LogP contribution in [0.25, 0.3) is 0 Å². The SMILES string of the molecule is CCCCNC(C)(C)COC(C)=O. The lowest BCUT2D eigenvalue weighted by Gasteiger charge is -2.25. The van der Waals surface area contributed by atoms with Crippen LogP contribution in [-0.2, 0) is 9.53 Å². The Labute approximate surface area is 80.8 Å². The molecule has 3 nitrogen and oxygen atoms in total. The first-order valence-electron chi connectivity index (χ1n) is 4.86. The van der Waals surface area contributed by atoms with Crippen LogP contribution in [0.5, 0.6) is 0 Å². The van der Waals surface area contributed by atoms with Crippen molar-refractivity contribution in [1.82, 2.24) is 5.32 Å². The Morgan fingerprint density at radius 3 is 2.54 bits per heavy atom. The number of hydrogen-bond donors (Lipinski definition) is 1. The Kier molecular flexibility index (Phi) is 5.71. The summed E-state index contributed by atoms with van der Waals surface area (Å²) in [5.74, 6) is -0.217. The normalized spacial score (nSPS) is 11.4. The van der Waals surface area contributed by atoms with E-state index >= 15 is 0 Å². The predicted molar refractivity (Wildman–Crippen MR) is 53.6 cm³/mol. The molecule has 0 atom stereocenters. The van der Waals surface area contributed by atoms with E-state index in [0.29, 0.717) is 6.61 Å². The summed E-state index contributed by atoms with van der Waals surface area (Å²) in [5.41, 5.74) is -0.110. The number of unbranched alkanes of at least 4 members (excludes halogenated alkanes) is 1. The van der Waals surface area contributed by atoms with E-state index in [-0.39, 0.29) is 11.5 Å². The first-order valence-corrected chi connectivity index (χ1v) is 4.86. The number of esters is 1. The molecule has 0 aliphatic carbocycles. The van der Waals surface area contributed by atoms with Crippen LogP contribution < -0.4 is 5.32 Å².